The summed E-state index contributed by atoms with van der Waals surface area (Å²) >= 11 is 0. The molecule has 234 valence electrons. The fraction of sp³-hybridized carbons (Fsp3) is 0.581. The van der Waals surface area contributed by atoms with Crippen molar-refractivity contribution in [2.24, 2.45) is 22.4 Å². The van der Waals surface area contributed by atoms with Gasteiger partial charge >= 0.3 is 5.97 Å². The number of aliphatic imine (C=N–C) groups is 1. The number of hydrogen-bond donors (Lipinski definition) is 5. The molecule has 2 aliphatic rings. The Labute approximate surface area is 252 Å². The number of benzene rings is 1. The number of cyclic esters (lactones) is 1. The van der Waals surface area contributed by atoms with E-state index in [2.05, 4.69) is 34.5 Å². The molecule has 0 aliphatic carbocycles. The number of ether oxygens (including phenoxy) is 1. The number of carbonyl (C=O) groups excluding carboxylic acids is 4. The third-order valence-corrected chi connectivity index (χ3v) is 8.03. The molecule has 1 unspecified atom stereocenters. The number of guanidine groups is 1. The monoisotopic (exact) mass is 595 g/mol. The van der Waals surface area contributed by atoms with Crippen LogP contribution in [0.15, 0.2) is 35.3 Å². The molecule has 2 aliphatic heterocycles. The summed E-state index contributed by atoms with van der Waals surface area (Å²) in [6.07, 6.45) is 3.37. The quantitative estimate of drug-likeness (QED) is 0.120. The van der Waals surface area contributed by atoms with Crippen LogP contribution in [0.25, 0.3) is 10.9 Å². The van der Waals surface area contributed by atoms with Crippen molar-refractivity contribution in [3.05, 3.63) is 36.0 Å². The Kier molecular flexibility index (Phi) is 11.0. The fourth-order valence-corrected chi connectivity index (χ4v) is 5.85. The lowest BCUT2D eigenvalue weighted by atomic mass is 10.0. The molecular formula is C31H45N7O5. The van der Waals surface area contributed by atoms with E-state index in [1.807, 2.05) is 30.3 Å². The molecule has 0 saturated carbocycles. The van der Waals surface area contributed by atoms with Crippen molar-refractivity contribution in [2.75, 3.05) is 13.1 Å². The molecule has 0 radical (unpaired) electrons. The molecule has 3 heterocycles. The second kappa shape index (κ2) is 14.9. The van der Waals surface area contributed by atoms with Crippen LogP contribution in [0.5, 0.6) is 0 Å². The molecule has 12 nitrogen and oxygen atoms in total. The van der Waals surface area contributed by atoms with E-state index < -0.39 is 36.1 Å². The number of nitrogens with zero attached hydrogens (tertiary/aromatic N) is 2. The minimum atomic E-state index is -0.960. The zero-order valence-corrected chi connectivity index (χ0v) is 25.1. The number of esters is 1. The SMILES string of the molecule is CC(C)CCCC1CC(=O)N[C@H](Cc2cc3ccccc3[nH]2)C(=O)N2CCC[C@H]2C(=O)N[C@@H](CCCN=C(N)N)C(=O)O1. The van der Waals surface area contributed by atoms with E-state index in [4.69, 9.17) is 16.2 Å². The van der Waals surface area contributed by atoms with Gasteiger partial charge in [-0.2, -0.15) is 0 Å². The van der Waals surface area contributed by atoms with E-state index in [1.54, 1.807) is 0 Å². The second-order valence-corrected chi connectivity index (χ2v) is 12.0. The second-order valence-electron chi connectivity index (χ2n) is 12.0. The van der Waals surface area contributed by atoms with Crippen LogP contribution in [-0.2, 0) is 30.3 Å². The van der Waals surface area contributed by atoms with Gasteiger partial charge in [0.25, 0.3) is 0 Å². The highest BCUT2D eigenvalue weighted by atomic mass is 16.5. The van der Waals surface area contributed by atoms with Crippen LogP contribution in [0, 0.1) is 5.92 Å². The Morgan fingerprint density at radius 2 is 1.86 bits per heavy atom. The van der Waals surface area contributed by atoms with Crippen LogP contribution in [-0.4, -0.2) is 76.9 Å². The van der Waals surface area contributed by atoms with Gasteiger partial charge in [0.1, 0.15) is 24.2 Å². The summed E-state index contributed by atoms with van der Waals surface area (Å²) in [5.41, 5.74) is 12.6. The average Bonchev–Trinajstić information content (AvgIpc) is 3.60. The molecule has 2 fully saturated rings. The highest BCUT2D eigenvalue weighted by molar-refractivity contribution is 5.94. The van der Waals surface area contributed by atoms with Crippen LogP contribution >= 0.6 is 0 Å². The lowest BCUT2D eigenvalue weighted by molar-refractivity contribution is -0.155. The molecule has 4 atom stereocenters. The third kappa shape index (κ3) is 8.95. The Morgan fingerprint density at radius 3 is 2.60 bits per heavy atom. The zero-order valence-electron chi connectivity index (χ0n) is 25.1. The van der Waals surface area contributed by atoms with Crippen molar-refractivity contribution < 1.29 is 23.9 Å². The topological polar surface area (TPSA) is 185 Å². The lowest BCUT2D eigenvalue weighted by Gasteiger charge is -2.29. The number of aromatic nitrogens is 1. The predicted molar refractivity (Wildman–Crippen MR) is 164 cm³/mol. The molecule has 2 saturated heterocycles. The van der Waals surface area contributed by atoms with Gasteiger partial charge in [0.15, 0.2) is 5.96 Å². The van der Waals surface area contributed by atoms with E-state index in [-0.39, 0.29) is 43.6 Å². The number of fused-ring (bicyclic) bond motifs is 2. The maximum Gasteiger partial charge on any atom is 0.328 e. The first-order valence-electron chi connectivity index (χ1n) is 15.3. The van der Waals surface area contributed by atoms with Crippen molar-refractivity contribution in [1.29, 1.82) is 0 Å². The number of nitrogens with one attached hydrogen (secondary N) is 3. The zero-order chi connectivity index (χ0) is 30.9. The average molecular weight is 596 g/mol. The highest BCUT2D eigenvalue weighted by Crippen LogP contribution is 2.23. The first kappa shape index (κ1) is 31.8. The van der Waals surface area contributed by atoms with Crippen molar-refractivity contribution in [3.63, 3.8) is 0 Å². The van der Waals surface area contributed by atoms with Crippen LogP contribution in [0.2, 0.25) is 0 Å². The fourth-order valence-electron chi connectivity index (χ4n) is 5.85. The number of carbonyl (C=O) groups is 4. The van der Waals surface area contributed by atoms with Crippen molar-refractivity contribution in [3.8, 4) is 0 Å². The Morgan fingerprint density at radius 1 is 1.07 bits per heavy atom. The first-order chi connectivity index (χ1) is 20.6. The standard InChI is InChI=1S/C31H45N7O5/c1-19(2)8-5-10-22-18-27(39)36-25(17-21-16-20-9-3-4-11-23(20)35-21)29(41)38-15-7-13-26(38)28(40)37-24(30(42)43-22)12-6-14-34-31(32)33/h3-4,9,11,16,19,22,24-26,35H,5-8,10,12-15,17-18H2,1-2H3,(H,36,39)(H,37,40)(H4,32,33,34)/t22?,24-,25+,26-/m0/s1. The molecule has 3 amide bonds. The number of H-pyrrole nitrogens is 1. The third-order valence-electron chi connectivity index (χ3n) is 8.03. The maximum absolute atomic E-state index is 14.0. The number of rotatable bonds is 10. The number of para-hydroxylation sites is 1. The van der Waals surface area contributed by atoms with E-state index in [9.17, 15) is 19.2 Å². The largest absolute Gasteiger partial charge is 0.460 e. The van der Waals surface area contributed by atoms with Gasteiger partial charge in [-0.05, 0) is 62.0 Å². The highest BCUT2D eigenvalue weighted by Gasteiger charge is 2.40. The van der Waals surface area contributed by atoms with Gasteiger partial charge in [0.05, 0.1) is 6.42 Å². The van der Waals surface area contributed by atoms with Crippen LogP contribution in [0.4, 0.5) is 0 Å². The number of aromatic amines is 1. The first-order valence-corrected chi connectivity index (χ1v) is 15.3. The predicted octanol–water partition coefficient (Wildman–Crippen LogP) is 1.87. The van der Waals surface area contributed by atoms with E-state index in [0.29, 0.717) is 38.1 Å². The van der Waals surface area contributed by atoms with E-state index in [1.165, 1.54) is 4.90 Å². The summed E-state index contributed by atoms with van der Waals surface area (Å²) in [7, 11) is 0. The van der Waals surface area contributed by atoms with Crippen molar-refractivity contribution >= 4 is 40.6 Å². The summed E-state index contributed by atoms with van der Waals surface area (Å²) in [6.45, 7) is 4.88. The molecular weight excluding hydrogens is 550 g/mol. The van der Waals surface area contributed by atoms with Gasteiger partial charge in [0.2, 0.25) is 17.7 Å². The van der Waals surface area contributed by atoms with Gasteiger partial charge in [-0.3, -0.25) is 19.4 Å². The Balaban J connectivity index is 1.60. The lowest BCUT2D eigenvalue weighted by Crippen LogP contribution is -2.55. The molecule has 12 heteroatoms. The smallest absolute Gasteiger partial charge is 0.328 e. The van der Waals surface area contributed by atoms with Gasteiger partial charge in [0, 0.05) is 30.7 Å². The summed E-state index contributed by atoms with van der Waals surface area (Å²) in [6, 6.07) is 7.15. The Hall–Kier alpha value is -4.09. The van der Waals surface area contributed by atoms with Gasteiger partial charge in [-0.25, -0.2) is 4.79 Å². The molecule has 7 N–H and O–H groups in total. The number of amides is 3. The minimum absolute atomic E-state index is 0.0557. The summed E-state index contributed by atoms with van der Waals surface area (Å²) in [4.78, 5) is 63.2. The Bertz CT molecular complexity index is 1290. The number of hydrogen-bond acceptors (Lipinski definition) is 6. The molecule has 43 heavy (non-hydrogen) atoms. The van der Waals surface area contributed by atoms with Crippen LogP contribution in [0.1, 0.15) is 70.9 Å². The maximum atomic E-state index is 14.0. The molecule has 1 aromatic heterocycles. The van der Waals surface area contributed by atoms with E-state index in [0.717, 1.165) is 29.4 Å². The molecule has 4 rings (SSSR count). The van der Waals surface area contributed by atoms with Gasteiger partial charge < -0.3 is 36.7 Å². The van der Waals surface area contributed by atoms with Crippen molar-refractivity contribution in [1.82, 2.24) is 20.5 Å². The molecule has 0 bridgehead atoms. The molecule has 1 aromatic carbocycles. The minimum Gasteiger partial charge on any atom is -0.460 e. The van der Waals surface area contributed by atoms with Crippen molar-refractivity contribution in [2.45, 2.75) is 95.9 Å². The number of nitrogens with two attached hydrogens (primary N) is 2. The van der Waals surface area contributed by atoms with Gasteiger partial charge in [-0.15, -0.1) is 0 Å². The molecule has 2 aromatic rings. The van der Waals surface area contributed by atoms with Gasteiger partial charge in [-0.1, -0.05) is 38.5 Å². The van der Waals surface area contributed by atoms with E-state index >= 15 is 0 Å². The summed E-state index contributed by atoms with van der Waals surface area (Å²) in [5, 5.41) is 6.77. The summed E-state index contributed by atoms with van der Waals surface area (Å²) < 4.78 is 5.88. The van der Waals surface area contributed by atoms with Crippen LogP contribution in [0.3, 0.4) is 0 Å². The van der Waals surface area contributed by atoms with Crippen LogP contribution < -0.4 is 22.1 Å². The normalized spacial score (nSPS) is 23.6. The summed E-state index contributed by atoms with van der Waals surface area (Å²) in [5.74, 6) is -1.33. The molecule has 0 spiro atoms.